The zero-order chi connectivity index (χ0) is 14.4. The molecule has 0 aliphatic heterocycles. The Morgan fingerprint density at radius 1 is 1.20 bits per heavy atom. The Labute approximate surface area is 123 Å². The minimum Gasteiger partial charge on any atom is -0.384 e. The standard InChI is InChI=1S/C18H30O2/c1-17(12-20-3)8-7-16-13(11-17)4-5-14-10-15(19)6-9-18(14,16)2/h13-14,16H,4-12H2,1-3H3/t13-,14+,16-,17-,18-/m0/s1. The molecule has 0 radical (unpaired) electrons. The molecule has 20 heavy (non-hydrogen) atoms. The average molecular weight is 278 g/mol. The second kappa shape index (κ2) is 5.12. The van der Waals surface area contributed by atoms with Crippen LogP contribution in [0.25, 0.3) is 0 Å². The van der Waals surface area contributed by atoms with Crippen LogP contribution in [0.2, 0.25) is 0 Å². The van der Waals surface area contributed by atoms with Crippen LogP contribution in [0, 0.1) is 28.6 Å². The second-order valence-corrected chi connectivity index (χ2v) is 8.38. The van der Waals surface area contributed by atoms with Gasteiger partial charge >= 0.3 is 0 Å². The summed E-state index contributed by atoms with van der Waals surface area (Å²) in [6, 6.07) is 0. The molecule has 3 aliphatic rings. The van der Waals surface area contributed by atoms with Crippen molar-refractivity contribution in [2.24, 2.45) is 28.6 Å². The Kier molecular flexibility index (Phi) is 3.73. The highest BCUT2D eigenvalue weighted by molar-refractivity contribution is 5.79. The van der Waals surface area contributed by atoms with Crippen LogP contribution >= 0.6 is 0 Å². The number of fused-ring (bicyclic) bond motifs is 3. The Morgan fingerprint density at radius 3 is 2.75 bits per heavy atom. The van der Waals surface area contributed by atoms with Gasteiger partial charge in [-0.15, -0.1) is 0 Å². The molecule has 3 fully saturated rings. The third-order valence-corrected chi connectivity index (χ3v) is 6.96. The number of Topliss-reactive ketones (excluding diaryl/α,β-unsaturated/α-hetero) is 1. The highest BCUT2D eigenvalue weighted by atomic mass is 16.5. The molecule has 0 unspecified atom stereocenters. The molecule has 0 amide bonds. The fourth-order valence-electron chi connectivity index (χ4n) is 5.83. The SMILES string of the molecule is COC[C@@]1(C)CC[C@H]2[C@@H](CC[C@@H]3CC(=O)CC[C@@]32C)C1. The molecule has 0 spiro atoms. The van der Waals surface area contributed by atoms with Crippen molar-refractivity contribution >= 4 is 5.78 Å². The predicted molar refractivity (Wildman–Crippen MR) is 80.5 cm³/mol. The first-order chi connectivity index (χ1) is 9.47. The topological polar surface area (TPSA) is 26.3 Å². The lowest BCUT2D eigenvalue weighted by molar-refractivity contribution is -0.134. The van der Waals surface area contributed by atoms with Crippen molar-refractivity contribution < 1.29 is 9.53 Å². The van der Waals surface area contributed by atoms with Gasteiger partial charge in [-0.2, -0.15) is 0 Å². The van der Waals surface area contributed by atoms with Gasteiger partial charge in [0.1, 0.15) is 5.78 Å². The van der Waals surface area contributed by atoms with Gasteiger partial charge in [0.2, 0.25) is 0 Å². The number of hydrogen-bond donors (Lipinski definition) is 0. The highest BCUT2D eigenvalue weighted by Crippen LogP contribution is 2.60. The molecular weight excluding hydrogens is 248 g/mol. The maximum absolute atomic E-state index is 11.8. The summed E-state index contributed by atoms with van der Waals surface area (Å²) >= 11 is 0. The number of ether oxygens (including phenoxy) is 1. The summed E-state index contributed by atoms with van der Waals surface area (Å²) in [5.41, 5.74) is 0.842. The van der Waals surface area contributed by atoms with E-state index in [-0.39, 0.29) is 0 Å². The minimum atomic E-state index is 0.392. The van der Waals surface area contributed by atoms with Crippen LogP contribution in [0.15, 0.2) is 0 Å². The number of carbonyl (C=O) groups is 1. The zero-order valence-corrected chi connectivity index (χ0v) is 13.4. The van der Waals surface area contributed by atoms with E-state index in [4.69, 9.17) is 4.74 Å². The average Bonchev–Trinajstić information content (AvgIpc) is 2.39. The molecule has 3 aliphatic carbocycles. The van der Waals surface area contributed by atoms with E-state index in [1.165, 1.54) is 32.1 Å². The molecule has 0 aromatic rings. The summed E-state index contributed by atoms with van der Waals surface area (Å²) in [5, 5.41) is 0. The first kappa shape index (κ1) is 14.6. The zero-order valence-electron chi connectivity index (χ0n) is 13.4. The van der Waals surface area contributed by atoms with E-state index in [9.17, 15) is 4.79 Å². The summed E-state index contributed by atoms with van der Waals surface area (Å²) in [7, 11) is 1.84. The van der Waals surface area contributed by atoms with Gasteiger partial charge in [-0.3, -0.25) is 4.79 Å². The minimum absolute atomic E-state index is 0.392. The normalized spacial score (nSPS) is 48.5. The lowest BCUT2D eigenvalue weighted by atomic mass is 9.47. The van der Waals surface area contributed by atoms with Gasteiger partial charge in [0.25, 0.3) is 0 Å². The molecule has 5 atom stereocenters. The third kappa shape index (κ3) is 2.34. The van der Waals surface area contributed by atoms with Crippen molar-refractivity contribution in [3.8, 4) is 0 Å². The van der Waals surface area contributed by atoms with Crippen molar-refractivity contribution in [2.75, 3.05) is 13.7 Å². The number of methoxy groups -OCH3 is 1. The van der Waals surface area contributed by atoms with Gasteiger partial charge in [0, 0.05) is 20.0 Å². The van der Waals surface area contributed by atoms with Crippen molar-refractivity contribution in [1.82, 2.24) is 0 Å². The molecule has 114 valence electrons. The van der Waals surface area contributed by atoms with E-state index in [0.29, 0.717) is 22.5 Å². The van der Waals surface area contributed by atoms with Crippen LogP contribution in [0.3, 0.4) is 0 Å². The van der Waals surface area contributed by atoms with E-state index in [1.54, 1.807) is 0 Å². The maximum atomic E-state index is 11.8. The summed E-state index contributed by atoms with van der Waals surface area (Å²) in [6.45, 7) is 5.82. The number of rotatable bonds is 2. The van der Waals surface area contributed by atoms with Gasteiger partial charge in [0.05, 0.1) is 6.61 Å². The smallest absolute Gasteiger partial charge is 0.133 e. The molecule has 0 heterocycles. The van der Waals surface area contributed by atoms with Crippen LogP contribution < -0.4 is 0 Å². The fraction of sp³-hybridized carbons (Fsp3) is 0.944. The molecule has 0 aromatic carbocycles. The molecule has 2 heteroatoms. The summed E-state index contributed by atoms with van der Waals surface area (Å²) in [5.74, 6) is 2.93. The monoisotopic (exact) mass is 278 g/mol. The van der Waals surface area contributed by atoms with E-state index in [2.05, 4.69) is 13.8 Å². The van der Waals surface area contributed by atoms with Crippen LogP contribution in [0.4, 0.5) is 0 Å². The van der Waals surface area contributed by atoms with Crippen LogP contribution in [-0.4, -0.2) is 19.5 Å². The van der Waals surface area contributed by atoms with Gasteiger partial charge in [0.15, 0.2) is 0 Å². The summed E-state index contributed by atoms with van der Waals surface area (Å²) in [4.78, 5) is 11.8. The number of hydrogen-bond acceptors (Lipinski definition) is 2. The Hall–Kier alpha value is -0.370. The first-order valence-electron chi connectivity index (χ1n) is 8.47. The lowest BCUT2D eigenvalue weighted by Gasteiger charge is -2.57. The van der Waals surface area contributed by atoms with Crippen LogP contribution in [-0.2, 0) is 9.53 Å². The van der Waals surface area contributed by atoms with E-state index in [0.717, 1.165) is 37.7 Å². The summed E-state index contributed by atoms with van der Waals surface area (Å²) in [6.07, 6.45) is 9.48. The van der Waals surface area contributed by atoms with Crippen molar-refractivity contribution in [3.63, 3.8) is 0 Å². The van der Waals surface area contributed by atoms with Crippen LogP contribution in [0.5, 0.6) is 0 Å². The second-order valence-electron chi connectivity index (χ2n) is 8.38. The molecular formula is C18H30O2. The Bertz CT molecular complexity index is 391. The molecule has 0 aromatic heterocycles. The van der Waals surface area contributed by atoms with Crippen molar-refractivity contribution in [3.05, 3.63) is 0 Å². The maximum Gasteiger partial charge on any atom is 0.133 e. The molecule has 3 rings (SSSR count). The predicted octanol–water partition coefficient (Wildman–Crippen LogP) is 4.22. The largest absolute Gasteiger partial charge is 0.384 e. The molecule has 0 N–H and O–H groups in total. The lowest BCUT2D eigenvalue weighted by Crippen LogP contribution is -2.50. The van der Waals surface area contributed by atoms with Crippen molar-refractivity contribution in [1.29, 1.82) is 0 Å². The van der Waals surface area contributed by atoms with Gasteiger partial charge in [-0.05, 0) is 67.1 Å². The molecule has 0 saturated heterocycles. The molecule has 0 bridgehead atoms. The van der Waals surface area contributed by atoms with E-state index >= 15 is 0 Å². The molecule has 2 nitrogen and oxygen atoms in total. The summed E-state index contributed by atoms with van der Waals surface area (Å²) < 4.78 is 5.47. The van der Waals surface area contributed by atoms with Crippen molar-refractivity contribution in [2.45, 2.75) is 65.2 Å². The first-order valence-corrected chi connectivity index (χ1v) is 8.47. The third-order valence-electron chi connectivity index (χ3n) is 6.96. The quantitative estimate of drug-likeness (QED) is 0.756. The Balaban J connectivity index is 1.76. The molecule has 3 saturated carbocycles. The van der Waals surface area contributed by atoms with E-state index < -0.39 is 0 Å². The van der Waals surface area contributed by atoms with E-state index in [1.807, 2.05) is 7.11 Å². The fourth-order valence-corrected chi connectivity index (χ4v) is 5.83. The Morgan fingerprint density at radius 2 is 2.00 bits per heavy atom. The van der Waals surface area contributed by atoms with Crippen LogP contribution in [0.1, 0.15) is 65.2 Å². The van der Waals surface area contributed by atoms with Gasteiger partial charge in [-0.25, -0.2) is 0 Å². The number of carbonyl (C=O) groups excluding carboxylic acids is 1. The van der Waals surface area contributed by atoms with Gasteiger partial charge < -0.3 is 4.74 Å². The van der Waals surface area contributed by atoms with Gasteiger partial charge in [-0.1, -0.05) is 13.8 Å². The number of ketones is 1. The highest BCUT2D eigenvalue weighted by Gasteiger charge is 2.53.